The van der Waals surface area contributed by atoms with Crippen LogP contribution < -0.4 is 18.9 Å². The molecule has 0 nitrogen and oxygen atoms in total. The number of hydrogen-bond acceptors (Lipinski definition) is 0. The Morgan fingerprint density at radius 1 is 1.20 bits per heavy atom. The van der Waals surface area contributed by atoms with Crippen LogP contribution >= 0.6 is 0 Å². The summed E-state index contributed by atoms with van der Waals surface area (Å²) in [5.41, 5.74) is 0. The first-order chi connectivity index (χ1) is 0. The topological polar surface area (TPSA) is 0 Å². The van der Waals surface area contributed by atoms with Crippen LogP contribution in [-0.4, -0.2) is 40.4 Å². The summed E-state index contributed by atoms with van der Waals surface area (Å²) < 4.78 is 0. The molecule has 0 N–H and O–H groups in total. The van der Waals surface area contributed by atoms with E-state index in [4.69, 9.17) is 0 Å². The van der Waals surface area contributed by atoms with Gasteiger partial charge in [-0.1, -0.05) is 0 Å². The fourth-order valence-electron chi connectivity index (χ4n) is 0. The molecule has 34 valence electrons. The molecule has 5 heteroatoms. The molecule has 2 radical (unpaired) electrons. The third-order valence-electron chi connectivity index (χ3n) is 0. The van der Waals surface area contributed by atoms with E-state index in [0.717, 1.165) is 0 Å². The fraction of sp³-hybridized carbons (Fsp3) is 0. The van der Waals surface area contributed by atoms with Crippen molar-refractivity contribution in [3.63, 3.8) is 0 Å². The molecule has 0 fully saturated rings. The Balaban J connectivity index is 0. The molecule has 0 spiro atoms. The molecule has 0 amide bonds. The van der Waals surface area contributed by atoms with Crippen LogP contribution in [0.2, 0.25) is 0 Å². The first-order valence-electron chi connectivity index (χ1n) is 0. The Bertz CT molecular complexity index is 19.2. The molecule has 0 heterocycles. The van der Waals surface area contributed by atoms with Crippen molar-refractivity contribution in [1.29, 1.82) is 0 Å². The average molecular weight is 236 g/mol. The summed E-state index contributed by atoms with van der Waals surface area (Å²) in [6, 6.07) is 0. The van der Waals surface area contributed by atoms with Crippen LogP contribution in [0.1, 0.15) is 4.28 Å². The Labute approximate surface area is 101 Å². The predicted molar refractivity (Wildman–Crippen MR) is 19.0 cm³/mol. The summed E-state index contributed by atoms with van der Waals surface area (Å²) in [6.07, 6.45) is 0. The average Bonchev–Trinajstić information content (AvgIpc) is 0. The van der Waals surface area contributed by atoms with Gasteiger partial charge in [-0.25, -0.2) is 0 Å². The first-order valence-corrected chi connectivity index (χ1v) is 0. The fourth-order valence-corrected chi connectivity index (χ4v) is 0. The van der Waals surface area contributed by atoms with Gasteiger partial charge in [-0.05, 0) is 0 Å². The maximum atomic E-state index is 0. The van der Waals surface area contributed by atoms with Crippen LogP contribution in [0.15, 0.2) is 0 Å². The van der Waals surface area contributed by atoms with Crippen molar-refractivity contribution in [3.8, 4) is 0 Å². The summed E-state index contributed by atoms with van der Waals surface area (Å²) in [6.45, 7) is 0. The van der Waals surface area contributed by atoms with Crippen LogP contribution in [-0.2, 0) is 39.4 Å². The molecule has 0 atom stereocenters. The third kappa shape index (κ3) is 19.1. The van der Waals surface area contributed by atoms with E-state index in [1.165, 1.54) is 0 Å². The van der Waals surface area contributed by atoms with Gasteiger partial charge >= 0.3 is 41.9 Å². The second kappa shape index (κ2) is 27.2. The van der Waals surface area contributed by atoms with Crippen molar-refractivity contribution in [2.45, 2.75) is 0 Å². The molecule has 0 aromatic heterocycles. The summed E-state index contributed by atoms with van der Waals surface area (Å²) in [5, 5.41) is 0. The minimum atomic E-state index is 0. The van der Waals surface area contributed by atoms with Gasteiger partial charge in [0.25, 0.3) is 0 Å². The molecule has 0 aliphatic heterocycles. The first kappa shape index (κ1) is 41.9. The molecular formula is H6AgAlCuLiMg. The Morgan fingerprint density at radius 2 is 1.20 bits per heavy atom. The van der Waals surface area contributed by atoms with Gasteiger partial charge in [0, 0.05) is 39.4 Å². The zero-order valence-corrected chi connectivity index (χ0v) is 6.15. The van der Waals surface area contributed by atoms with E-state index in [-0.39, 0.29) is 103 Å². The van der Waals surface area contributed by atoms with Gasteiger partial charge < -0.3 is 4.28 Å². The van der Waals surface area contributed by atoms with E-state index in [0.29, 0.717) is 0 Å². The summed E-state index contributed by atoms with van der Waals surface area (Å²) in [7, 11) is 0. The largest absolute Gasteiger partial charge is 2.00 e. The number of rotatable bonds is 0. The summed E-state index contributed by atoms with van der Waals surface area (Å²) >= 11 is 0. The molecular weight excluding hydrogens is 230 g/mol. The Morgan fingerprint density at radius 3 is 1.20 bits per heavy atom. The molecule has 0 saturated carbocycles. The third-order valence-corrected chi connectivity index (χ3v) is 0. The second-order valence-corrected chi connectivity index (χ2v) is 0. The van der Waals surface area contributed by atoms with Gasteiger partial charge in [-0.3, -0.25) is 0 Å². The van der Waals surface area contributed by atoms with Crippen molar-refractivity contribution in [2.24, 2.45) is 0 Å². The number of hydrogen-bond donors (Lipinski definition) is 0. The Kier molecular flexibility index (Phi) is 228. The van der Waals surface area contributed by atoms with Crippen molar-refractivity contribution < 1.29 is 62.6 Å². The van der Waals surface area contributed by atoms with E-state index in [1.54, 1.807) is 0 Å². The van der Waals surface area contributed by atoms with Crippen LogP contribution in [0.25, 0.3) is 0 Å². The van der Waals surface area contributed by atoms with E-state index in [2.05, 4.69) is 0 Å². The molecule has 0 aromatic rings. The Hall–Kier alpha value is 3.16. The molecule has 0 bridgehead atoms. The van der Waals surface area contributed by atoms with E-state index in [9.17, 15) is 0 Å². The minimum Gasteiger partial charge on any atom is -1.00 e. The molecule has 0 saturated heterocycles. The van der Waals surface area contributed by atoms with Crippen LogP contribution in [0.4, 0.5) is 0 Å². The van der Waals surface area contributed by atoms with Gasteiger partial charge in [-0.2, -0.15) is 0 Å². The normalized spacial score (nSPS) is 0. The van der Waals surface area contributed by atoms with Crippen molar-refractivity contribution in [3.05, 3.63) is 0 Å². The predicted octanol–water partition coefficient (Wildman–Crippen LogP) is -4.23. The second-order valence-electron chi connectivity index (χ2n) is 0. The van der Waals surface area contributed by atoms with Crippen LogP contribution in [0, 0.1) is 0 Å². The molecule has 0 aromatic carbocycles. The molecule has 0 aliphatic rings. The maximum absolute atomic E-state index is 0. The monoisotopic (exact) mass is 234 g/mol. The zero-order chi connectivity index (χ0) is 0. The van der Waals surface area contributed by atoms with Gasteiger partial charge in [0.2, 0.25) is 0 Å². The minimum absolute atomic E-state index is 0. The van der Waals surface area contributed by atoms with E-state index < -0.39 is 0 Å². The molecule has 0 unspecified atom stereocenters. The standard InChI is InChI=1S/Ag.Al.Cu.Li.Mg.6H/q;;;+1;+2;;;;3*-1. The van der Waals surface area contributed by atoms with Gasteiger partial charge in [0.15, 0.2) is 17.4 Å². The SMILES string of the molecule is [Ag].[AlH3].[Cu].[H-].[H-].[H-].[Li+].[Mg+2]. The molecule has 5 heavy (non-hydrogen) atoms. The van der Waals surface area contributed by atoms with Crippen LogP contribution in [0.5, 0.6) is 0 Å². The van der Waals surface area contributed by atoms with Gasteiger partial charge in [-0.15, -0.1) is 0 Å². The van der Waals surface area contributed by atoms with E-state index in [1.807, 2.05) is 0 Å². The summed E-state index contributed by atoms with van der Waals surface area (Å²) in [5.74, 6) is 0. The molecule has 0 rings (SSSR count). The van der Waals surface area contributed by atoms with Gasteiger partial charge in [0.05, 0.1) is 0 Å². The van der Waals surface area contributed by atoms with Gasteiger partial charge in [0.1, 0.15) is 0 Å². The quantitative estimate of drug-likeness (QED) is 0.374. The maximum Gasteiger partial charge on any atom is 2.00 e. The smallest absolute Gasteiger partial charge is 1.00 e. The van der Waals surface area contributed by atoms with Crippen molar-refractivity contribution in [2.75, 3.05) is 0 Å². The zero-order valence-electron chi connectivity index (χ0n) is 5.31. The van der Waals surface area contributed by atoms with Crippen molar-refractivity contribution in [1.82, 2.24) is 0 Å². The van der Waals surface area contributed by atoms with Crippen LogP contribution in [0.3, 0.4) is 0 Å². The van der Waals surface area contributed by atoms with E-state index >= 15 is 0 Å². The van der Waals surface area contributed by atoms with Crippen molar-refractivity contribution >= 4 is 40.4 Å². The molecule has 0 aliphatic carbocycles. The summed E-state index contributed by atoms with van der Waals surface area (Å²) in [4.78, 5) is 0.